The largest absolute Gasteiger partial charge is 0.456 e. The molecule has 14 rings (SSSR count). The van der Waals surface area contributed by atoms with Gasteiger partial charge in [0.25, 0.3) is 0 Å². The number of fused-ring (bicyclic) bond motifs is 12. The summed E-state index contributed by atoms with van der Waals surface area (Å²) in [6, 6.07) is 64.1. The summed E-state index contributed by atoms with van der Waals surface area (Å²) in [5.74, 6) is 1.55. The summed E-state index contributed by atoms with van der Waals surface area (Å²) in [7, 11) is 0. The van der Waals surface area contributed by atoms with Gasteiger partial charge >= 0.3 is 0 Å². The molecule has 0 bridgehead atoms. The summed E-state index contributed by atoms with van der Waals surface area (Å²) in [5, 5.41) is 8.28. The van der Waals surface area contributed by atoms with Crippen LogP contribution in [0, 0.1) is 0 Å². The standard InChI is InChI=1S/C57H31N3O4/c1-5-23-48-37(15-1)40-18-9-20-42(53(40)63-48)56-58-55(59-57(60-56)43-21-10-19-41-38-16-2-6-24-49(38)64-54(41)43)36-14-8-13-34(28-36)32-11-7-12-33(27-32)35-25-26-50-44(29-35)46-31-51-45(30-52(46)62-50)39-17-3-4-22-47(39)61-51/h1-31H. The number of aromatic nitrogens is 3. The van der Waals surface area contributed by atoms with Crippen molar-refractivity contribution in [1.82, 2.24) is 15.0 Å². The van der Waals surface area contributed by atoms with Gasteiger partial charge in [-0.05, 0) is 89.0 Å². The number of furan rings is 4. The highest BCUT2D eigenvalue weighted by Crippen LogP contribution is 2.41. The topological polar surface area (TPSA) is 91.2 Å². The van der Waals surface area contributed by atoms with E-state index in [9.17, 15) is 0 Å². The van der Waals surface area contributed by atoms with Crippen LogP contribution in [0.15, 0.2) is 206 Å². The summed E-state index contributed by atoms with van der Waals surface area (Å²) >= 11 is 0. The van der Waals surface area contributed by atoms with E-state index in [1.54, 1.807) is 0 Å². The van der Waals surface area contributed by atoms with Crippen molar-refractivity contribution in [3.8, 4) is 56.4 Å². The molecule has 0 amide bonds. The van der Waals surface area contributed by atoms with Crippen LogP contribution in [0.1, 0.15) is 0 Å². The quantitative estimate of drug-likeness (QED) is 0.171. The Balaban J connectivity index is 0.897. The van der Waals surface area contributed by atoms with Crippen molar-refractivity contribution in [3.63, 3.8) is 0 Å². The molecule has 0 unspecified atom stereocenters. The second kappa shape index (κ2) is 13.3. The lowest BCUT2D eigenvalue weighted by Crippen LogP contribution is -2.00. The highest BCUT2D eigenvalue weighted by atomic mass is 16.3. The molecule has 7 nitrogen and oxygen atoms in total. The van der Waals surface area contributed by atoms with Gasteiger partial charge in [0, 0.05) is 48.7 Å². The van der Waals surface area contributed by atoms with Crippen molar-refractivity contribution < 1.29 is 17.7 Å². The van der Waals surface area contributed by atoms with Crippen LogP contribution in [-0.4, -0.2) is 15.0 Å². The third-order valence-electron chi connectivity index (χ3n) is 12.5. The maximum atomic E-state index is 6.50. The normalized spacial score (nSPS) is 12.1. The van der Waals surface area contributed by atoms with Crippen LogP contribution >= 0.6 is 0 Å². The zero-order valence-corrected chi connectivity index (χ0v) is 33.9. The lowest BCUT2D eigenvalue weighted by Gasteiger charge is -2.11. The molecule has 0 saturated carbocycles. The minimum absolute atomic E-state index is 0.508. The second-order valence-corrected chi connectivity index (χ2v) is 16.3. The molecule has 14 aromatic rings. The average Bonchev–Trinajstić information content (AvgIpc) is 4.13. The van der Waals surface area contributed by atoms with Gasteiger partial charge in [-0.2, -0.15) is 0 Å². The number of hydrogen-bond acceptors (Lipinski definition) is 7. The smallest absolute Gasteiger partial charge is 0.167 e. The van der Waals surface area contributed by atoms with Gasteiger partial charge in [0.05, 0.1) is 11.1 Å². The lowest BCUT2D eigenvalue weighted by molar-refractivity contribution is 0.664. The molecular weight excluding hydrogens is 791 g/mol. The maximum Gasteiger partial charge on any atom is 0.167 e. The van der Waals surface area contributed by atoms with Crippen molar-refractivity contribution in [2.45, 2.75) is 0 Å². The van der Waals surface area contributed by atoms with Crippen molar-refractivity contribution in [2.24, 2.45) is 0 Å². The van der Waals surface area contributed by atoms with Crippen molar-refractivity contribution in [3.05, 3.63) is 188 Å². The first kappa shape index (κ1) is 34.9. The van der Waals surface area contributed by atoms with Gasteiger partial charge in [-0.1, -0.05) is 121 Å². The molecule has 64 heavy (non-hydrogen) atoms. The number of hydrogen-bond donors (Lipinski definition) is 0. The predicted molar refractivity (Wildman–Crippen MR) is 256 cm³/mol. The Morgan fingerprint density at radius 2 is 0.625 bits per heavy atom. The molecule has 5 heterocycles. The van der Waals surface area contributed by atoms with Gasteiger partial charge in [-0.15, -0.1) is 0 Å². The fourth-order valence-electron chi connectivity index (χ4n) is 9.48. The SMILES string of the molecule is c1cc(-c2cccc(-c3nc(-c4cccc5c4oc4ccccc45)nc(-c4cccc5c4oc4ccccc45)n3)c2)cc(-c2ccc3oc4cc5c(cc4c3c2)oc2ccccc25)c1. The second-order valence-electron chi connectivity index (χ2n) is 16.3. The Morgan fingerprint density at radius 1 is 0.234 bits per heavy atom. The van der Waals surface area contributed by atoms with E-state index in [4.69, 9.17) is 32.6 Å². The summed E-state index contributed by atoms with van der Waals surface area (Å²) in [5.41, 5.74) is 13.1. The molecular formula is C57H31N3O4. The molecule has 0 aliphatic carbocycles. The maximum absolute atomic E-state index is 6.50. The minimum atomic E-state index is 0.508. The van der Waals surface area contributed by atoms with Crippen LogP contribution in [-0.2, 0) is 0 Å². The van der Waals surface area contributed by atoms with Gasteiger partial charge in [-0.25, -0.2) is 15.0 Å². The van der Waals surface area contributed by atoms with Crippen LogP contribution < -0.4 is 0 Å². The Bertz CT molecular complexity index is 4090. The van der Waals surface area contributed by atoms with Crippen LogP contribution in [0.3, 0.4) is 0 Å². The van der Waals surface area contributed by atoms with E-state index in [1.807, 2.05) is 78.9 Å². The minimum Gasteiger partial charge on any atom is -0.456 e. The first-order chi connectivity index (χ1) is 31.7. The summed E-state index contributed by atoms with van der Waals surface area (Å²) in [6.07, 6.45) is 0. The van der Waals surface area contributed by atoms with E-state index in [-0.39, 0.29) is 0 Å². The Kier molecular flexibility index (Phi) is 7.27. The molecule has 7 heteroatoms. The first-order valence-electron chi connectivity index (χ1n) is 21.2. The molecule has 9 aromatic carbocycles. The monoisotopic (exact) mass is 821 g/mol. The molecule has 0 atom stereocenters. The van der Waals surface area contributed by atoms with E-state index in [2.05, 4.69) is 109 Å². The van der Waals surface area contributed by atoms with Gasteiger partial charge in [0.2, 0.25) is 0 Å². The van der Waals surface area contributed by atoms with Crippen molar-refractivity contribution in [1.29, 1.82) is 0 Å². The van der Waals surface area contributed by atoms with Crippen molar-refractivity contribution >= 4 is 87.8 Å². The molecule has 298 valence electrons. The molecule has 0 saturated heterocycles. The van der Waals surface area contributed by atoms with E-state index < -0.39 is 0 Å². The molecule has 0 spiro atoms. The van der Waals surface area contributed by atoms with Gasteiger partial charge < -0.3 is 17.7 Å². The summed E-state index contributed by atoms with van der Waals surface area (Å²) < 4.78 is 25.7. The first-order valence-corrected chi connectivity index (χ1v) is 21.2. The Morgan fingerprint density at radius 3 is 1.20 bits per heavy atom. The van der Waals surface area contributed by atoms with Gasteiger partial charge in [-0.3, -0.25) is 0 Å². The zero-order chi connectivity index (χ0) is 41.9. The highest BCUT2D eigenvalue weighted by molar-refractivity contribution is 6.15. The number of benzene rings is 9. The van der Waals surface area contributed by atoms with E-state index in [0.29, 0.717) is 17.5 Å². The molecule has 0 aliphatic heterocycles. The third-order valence-corrected chi connectivity index (χ3v) is 12.5. The fourth-order valence-corrected chi connectivity index (χ4v) is 9.48. The van der Waals surface area contributed by atoms with Gasteiger partial charge in [0.15, 0.2) is 17.5 Å². The summed E-state index contributed by atoms with van der Waals surface area (Å²) in [4.78, 5) is 15.6. The van der Waals surface area contributed by atoms with Crippen LogP contribution in [0.25, 0.3) is 144 Å². The van der Waals surface area contributed by atoms with Gasteiger partial charge in [0.1, 0.15) is 44.7 Å². The summed E-state index contributed by atoms with van der Waals surface area (Å²) in [6.45, 7) is 0. The van der Waals surface area contributed by atoms with Crippen molar-refractivity contribution in [2.75, 3.05) is 0 Å². The number of nitrogens with zero attached hydrogens (tertiary/aromatic N) is 3. The lowest BCUT2D eigenvalue weighted by atomic mass is 9.97. The highest BCUT2D eigenvalue weighted by Gasteiger charge is 2.21. The molecule has 0 N–H and O–H groups in total. The molecule has 0 aliphatic rings. The van der Waals surface area contributed by atoms with Crippen LogP contribution in [0.2, 0.25) is 0 Å². The zero-order valence-electron chi connectivity index (χ0n) is 33.9. The molecule has 0 radical (unpaired) electrons. The Labute approximate surface area is 363 Å². The predicted octanol–water partition coefficient (Wildman–Crippen LogP) is 15.8. The van der Waals surface area contributed by atoms with Crippen LogP contribution in [0.5, 0.6) is 0 Å². The molecule has 5 aromatic heterocycles. The number of rotatable bonds is 5. The molecule has 0 fully saturated rings. The van der Waals surface area contributed by atoms with E-state index in [1.165, 1.54) is 0 Å². The number of para-hydroxylation sites is 5. The van der Waals surface area contributed by atoms with E-state index >= 15 is 0 Å². The fraction of sp³-hybridized carbons (Fsp3) is 0. The Hall–Kier alpha value is -8.81. The average molecular weight is 822 g/mol. The third kappa shape index (κ3) is 5.31. The van der Waals surface area contributed by atoms with E-state index in [0.717, 1.165) is 127 Å². The van der Waals surface area contributed by atoms with Crippen LogP contribution in [0.4, 0.5) is 0 Å².